The average Bonchev–Trinajstić information content (AvgIpc) is 3.32. The summed E-state index contributed by atoms with van der Waals surface area (Å²) < 4.78 is 3.38. The first-order chi connectivity index (χ1) is 13.1. The zero-order valence-electron chi connectivity index (χ0n) is 15.1. The molecule has 0 atom stereocenters. The Morgan fingerprint density at radius 2 is 1.96 bits per heavy atom. The molecule has 8 heteroatoms. The summed E-state index contributed by atoms with van der Waals surface area (Å²) in [5, 5.41) is 11.3. The summed E-state index contributed by atoms with van der Waals surface area (Å²) in [5.41, 5.74) is 3.86. The minimum atomic E-state index is -0.300. The Bertz CT molecular complexity index is 1080. The molecule has 0 radical (unpaired) electrons. The lowest BCUT2D eigenvalue weighted by Crippen LogP contribution is -2.26. The third kappa shape index (κ3) is 3.55. The lowest BCUT2D eigenvalue weighted by atomic mass is 10.1. The second kappa shape index (κ2) is 6.99. The second-order valence-electron chi connectivity index (χ2n) is 6.31. The molecule has 0 saturated heterocycles. The second-order valence-corrected chi connectivity index (χ2v) is 6.31. The molecular weight excluding hydrogens is 342 g/mol. The number of benzene rings is 1. The van der Waals surface area contributed by atoms with Gasteiger partial charge in [0.25, 0.3) is 11.7 Å². The van der Waals surface area contributed by atoms with Gasteiger partial charge in [0.05, 0.1) is 5.69 Å². The fourth-order valence-corrected chi connectivity index (χ4v) is 2.90. The van der Waals surface area contributed by atoms with Crippen molar-refractivity contribution in [1.82, 2.24) is 34.7 Å². The van der Waals surface area contributed by atoms with Crippen molar-refractivity contribution in [1.29, 1.82) is 0 Å². The number of hydrogen-bond acceptors (Lipinski definition) is 5. The molecule has 3 heterocycles. The topological polar surface area (TPSA) is 90.0 Å². The molecule has 4 aromatic rings. The van der Waals surface area contributed by atoms with E-state index >= 15 is 0 Å². The predicted molar refractivity (Wildman–Crippen MR) is 99.9 cm³/mol. The van der Waals surface area contributed by atoms with E-state index in [1.807, 2.05) is 56.4 Å². The molecule has 1 N–H and O–H groups in total. The Labute approximate surface area is 155 Å². The fraction of sp³-hybridized carbons (Fsp3) is 0.211. The van der Waals surface area contributed by atoms with E-state index in [2.05, 4.69) is 25.5 Å². The molecule has 0 saturated carbocycles. The Kier molecular flexibility index (Phi) is 4.37. The van der Waals surface area contributed by atoms with E-state index in [-0.39, 0.29) is 11.7 Å². The summed E-state index contributed by atoms with van der Waals surface area (Å²) in [6.45, 7) is 4.30. The predicted octanol–water partition coefficient (Wildman–Crippen LogP) is 1.90. The van der Waals surface area contributed by atoms with E-state index in [0.717, 1.165) is 29.1 Å². The van der Waals surface area contributed by atoms with Crippen LogP contribution in [0.3, 0.4) is 0 Å². The van der Waals surface area contributed by atoms with Crippen molar-refractivity contribution >= 4 is 11.7 Å². The lowest BCUT2D eigenvalue weighted by molar-refractivity contribution is 0.0944. The molecule has 0 fully saturated rings. The van der Waals surface area contributed by atoms with Crippen molar-refractivity contribution in [3.05, 3.63) is 71.6 Å². The zero-order valence-corrected chi connectivity index (χ0v) is 15.1. The first kappa shape index (κ1) is 16.9. The quantitative estimate of drug-likeness (QED) is 0.586. The Balaban J connectivity index is 1.37. The van der Waals surface area contributed by atoms with Gasteiger partial charge in [-0.15, -0.1) is 5.10 Å². The van der Waals surface area contributed by atoms with Gasteiger partial charge in [0.1, 0.15) is 0 Å². The summed E-state index contributed by atoms with van der Waals surface area (Å²) in [5.74, 6) is 0.266. The van der Waals surface area contributed by atoms with Gasteiger partial charge in [0.2, 0.25) is 5.82 Å². The molecule has 3 aromatic heterocycles. The molecule has 0 aliphatic heterocycles. The van der Waals surface area contributed by atoms with Gasteiger partial charge in [-0.3, -0.25) is 4.79 Å². The first-order valence-corrected chi connectivity index (χ1v) is 8.68. The van der Waals surface area contributed by atoms with Gasteiger partial charge in [0, 0.05) is 30.3 Å². The van der Waals surface area contributed by atoms with Gasteiger partial charge >= 0.3 is 0 Å². The molecule has 4 rings (SSSR count). The Morgan fingerprint density at radius 1 is 1.15 bits per heavy atom. The van der Waals surface area contributed by atoms with Crippen LogP contribution in [0.1, 0.15) is 27.6 Å². The van der Waals surface area contributed by atoms with Crippen LogP contribution in [-0.2, 0) is 6.42 Å². The molecule has 0 aliphatic rings. The smallest absolute Gasteiger partial charge is 0.291 e. The number of aromatic nitrogens is 6. The van der Waals surface area contributed by atoms with Gasteiger partial charge in [-0.1, -0.05) is 12.1 Å². The largest absolute Gasteiger partial charge is 0.349 e. The van der Waals surface area contributed by atoms with Gasteiger partial charge in [-0.25, -0.2) is 14.2 Å². The molecule has 136 valence electrons. The van der Waals surface area contributed by atoms with Crippen LogP contribution in [0.5, 0.6) is 0 Å². The number of carbonyl (C=O) groups excluding carboxylic acids is 1. The van der Waals surface area contributed by atoms with Crippen LogP contribution in [0.15, 0.2) is 48.8 Å². The van der Waals surface area contributed by atoms with Crippen LogP contribution in [0.25, 0.3) is 11.5 Å². The third-order valence-electron chi connectivity index (χ3n) is 4.23. The van der Waals surface area contributed by atoms with E-state index in [0.29, 0.717) is 12.3 Å². The molecule has 0 spiro atoms. The highest BCUT2D eigenvalue weighted by Gasteiger charge is 2.14. The summed E-state index contributed by atoms with van der Waals surface area (Å²) in [6.07, 6.45) is 4.36. The maximum Gasteiger partial charge on any atom is 0.291 e. The van der Waals surface area contributed by atoms with Crippen LogP contribution in [0.2, 0.25) is 0 Å². The Hall–Kier alpha value is -3.55. The van der Waals surface area contributed by atoms with Crippen molar-refractivity contribution in [2.45, 2.75) is 20.3 Å². The number of carbonyl (C=O) groups is 1. The average molecular weight is 361 g/mol. The van der Waals surface area contributed by atoms with Gasteiger partial charge in [0.15, 0.2) is 0 Å². The van der Waals surface area contributed by atoms with Crippen LogP contribution < -0.4 is 5.32 Å². The standard InChI is InChI=1S/C19H19N7O/c1-13-12-14(2)26-19(22-13)23-17(24-26)18(27)20-10-8-15-4-6-16(7-5-15)25-11-3-9-21-25/h3-7,9,11-12H,8,10H2,1-2H3,(H,20,27). The highest BCUT2D eigenvalue weighted by Crippen LogP contribution is 2.09. The zero-order chi connectivity index (χ0) is 18.8. The van der Waals surface area contributed by atoms with Gasteiger partial charge < -0.3 is 5.32 Å². The number of rotatable bonds is 5. The van der Waals surface area contributed by atoms with E-state index < -0.39 is 0 Å². The number of hydrogen-bond donors (Lipinski definition) is 1. The summed E-state index contributed by atoms with van der Waals surface area (Å²) >= 11 is 0. The van der Waals surface area contributed by atoms with Gasteiger partial charge in [-0.05, 0) is 50.1 Å². The van der Waals surface area contributed by atoms with Crippen molar-refractivity contribution < 1.29 is 4.79 Å². The van der Waals surface area contributed by atoms with E-state index in [4.69, 9.17) is 0 Å². The van der Waals surface area contributed by atoms with Crippen molar-refractivity contribution in [2.75, 3.05) is 6.54 Å². The van der Waals surface area contributed by atoms with Crippen LogP contribution in [0.4, 0.5) is 0 Å². The number of nitrogens with zero attached hydrogens (tertiary/aromatic N) is 6. The molecule has 8 nitrogen and oxygen atoms in total. The SMILES string of the molecule is Cc1cc(C)n2nc(C(=O)NCCc3ccc(-n4cccn4)cc3)nc2n1. The first-order valence-electron chi connectivity index (χ1n) is 8.68. The number of aryl methyl sites for hydroxylation is 2. The van der Waals surface area contributed by atoms with Gasteiger partial charge in [-0.2, -0.15) is 10.1 Å². The number of amides is 1. The molecular formula is C19H19N7O. The fourth-order valence-electron chi connectivity index (χ4n) is 2.90. The molecule has 1 aromatic carbocycles. The third-order valence-corrected chi connectivity index (χ3v) is 4.23. The van der Waals surface area contributed by atoms with Crippen LogP contribution in [-0.4, -0.2) is 41.8 Å². The molecule has 1 amide bonds. The minimum absolute atomic E-state index is 0.130. The summed E-state index contributed by atoms with van der Waals surface area (Å²) in [6, 6.07) is 11.9. The number of nitrogens with one attached hydrogen (secondary N) is 1. The Morgan fingerprint density at radius 3 is 2.70 bits per heavy atom. The lowest BCUT2D eigenvalue weighted by Gasteiger charge is -2.05. The normalized spacial score (nSPS) is 11.0. The number of fused-ring (bicyclic) bond motifs is 1. The van der Waals surface area contributed by atoms with E-state index in [9.17, 15) is 4.79 Å². The van der Waals surface area contributed by atoms with Crippen molar-refractivity contribution in [2.24, 2.45) is 0 Å². The monoisotopic (exact) mass is 361 g/mol. The minimum Gasteiger partial charge on any atom is -0.349 e. The molecule has 0 aliphatic carbocycles. The van der Waals surface area contributed by atoms with E-state index in [1.165, 1.54) is 0 Å². The van der Waals surface area contributed by atoms with E-state index in [1.54, 1.807) is 15.4 Å². The molecule has 0 bridgehead atoms. The summed E-state index contributed by atoms with van der Waals surface area (Å²) in [7, 11) is 0. The van der Waals surface area contributed by atoms with Crippen molar-refractivity contribution in [3.8, 4) is 5.69 Å². The summed E-state index contributed by atoms with van der Waals surface area (Å²) in [4.78, 5) is 20.8. The van der Waals surface area contributed by atoms with Crippen LogP contribution >= 0.6 is 0 Å². The maximum atomic E-state index is 12.3. The molecule has 27 heavy (non-hydrogen) atoms. The van der Waals surface area contributed by atoms with Crippen molar-refractivity contribution in [3.63, 3.8) is 0 Å². The highest BCUT2D eigenvalue weighted by molar-refractivity contribution is 5.90. The molecule has 0 unspecified atom stereocenters. The highest BCUT2D eigenvalue weighted by atomic mass is 16.2. The maximum absolute atomic E-state index is 12.3. The van der Waals surface area contributed by atoms with Crippen LogP contribution in [0, 0.1) is 13.8 Å².